The summed E-state index contributed by atoms with van der Waals surface area (Å²) in [5, 5.41) is 232. The molecule has 14 bridgehead atoms. The number of hydrogen-bond acceptors (Lipinski definition) is 37. The number of ether oxygens (including phenoxy) is 14. The van der Waals surface area contributed by atoms with E-state index in [9.17, 15) is 107 Å². The molecule has 0 aliphatic carbocycles. The maximum atomic E-state index is 14.1. The molecular formula is C56H84N2O36. The van der Waals surface area contributed by atoms with Crippen molar-refractivity contribution in [2.45, 2.75) is 241 Å². The van der Waals surface area contributed by atoms with Crippen LogP contribution in [-0.2, 0) is 71.7 Å². The summed E-state index contributed by atoms with van der Waals surface area (Å²) in [4.78, 5) is 14.1. The Bertz CT molecular complexity index is 2720. The van der Waals surface area contributed by atoms with Crippen LogP contribution in [0.1, 0.15) is 36.7 Å². The minimum Gasteiger partial charge on any atom is -0.394 e. The minimum absolute atomic E-state index is 0.0871. The molecule has 23 rings (SSSR count). The lowest BCUT2D eigenvalue weighted by molar-refractivity contribution is -0.396. The molecule has 0 spiro atoms. The van der Waals surface area contributed by atoms with E-state index in [2.05, 4.69) is 10.5 Å². The normalized spacial score (nSPS) is 47.6. The van der Waals surface area contributed by atoms with Crippen molar-refractivity contribution in [1.29, 1.82) is 0 Å². The van der Waals surface area contributed by atoms with Crippen LogP contribution in [0, 0.1) is 0 Å². The Morgan fingerprint density at radius 2 is 0.596 bits per heavy atom. The first-order valence-electron chi connectivity index (χ1n) is 30.4. The molecule has 0 unspecified atom stereocenters. The number of hydrogen-bond donors (Lipinski definition) is 21. The van der Waals surface area contributed by atoms with Gasteiger partial charge in [-0.25, -0.2) is 0 Å². The number of rotatable bonds is 10. The fraction of sp³-hybridized carbons (Fsp3) is 0.821. The fourth-order valence-electron chi connectivity index (χ4n) is 12.5. The summed E-state index contributed by atoms with van der Waals surface area (Å²) >= 11 is 0. The molecule has 21 fully saturated rings. The fourth-order valence-corrected chi connectivity index (χ4v) is 12.5. The van der Waals surface area contributed by atoms with Crippen LogP contribution in [0.5, 0.6) is 0 Å². The van der Waals surface area contributed by atoms with Gasteiger partial charge in [-0.1, -0.05) is 50.2 Å². The molecule has 21 aliphatic heterocycles. The molecule has 35 atom stereocenters. The van der Waals surface area contributed by atoms with Crippen LogP contribution in [0.4, 0.5) is 0 Å². The second kappa shape index (κ2) is 30.6. The molecule has 1 amide bonds. The van der Waals surface area contributed by atoms with Crippen molar-refractivity contribution in [2.75, 3.05) is 46.2 Å². The summed E-state index contributed by atoms with van der Waals surface area (Å²) in [6.07, 6.45) is -70.9. The van der Waals surface area contributed by atoms with Gasteiger partial charge in [0.1, 0.15) is 188 Å². The zero-order chi connectivity index (χ0) is 68.1. The van der Waals surface area contributed by atoms with Crippen molar-refractivity contribution in [1.82, 2.24) is 10.5 Å². The van der Waals surface area contributed by atoms with E-state index in [1.54, 1.807) is 12.1 Å². The second-order valence-corrected chi connectivity index (χ2v) is 25.1. The predicted octanol–water partition coefficient (Wildman–Crippen LogP) is -11.8. The lowest BCUT2D eigenvalue weighted by Crippen LogP contribution is -2.68. The molecule has 94 heavy (non-hydrogen) atoms. The van der Waals surface area contributed by atoms with Crippen LogP contribution in [0.3, 0.4) is 0 Å². The molecule has 22 heterocycles. The smallest absolute Gasteiger partial charge is 0.256 e. The zero-order valence-corrected chi connectivity index (χ0v) is 50.5. The second-order valence-electron chi connectivity index (χ2n) is 25.1. The molecule has 0 radical (unpaired) electrons. The third-order valence-electron chi connectivity index (χ3n) is 17.9. The van der Waals surface area contributed by atoms with Gasteiger partial charge in [0.2, 0.25) is 0 Å². The zero-order valence-electron chi connectivity index (χ0n) is 50.5. The highest BCUT2D eigenvalue weighted by molar-refractivity contribution is 5.99. The van der Waals surface area contributed by atoms with Gasteiger partial charge in [-0.2, -0.15) is 0 Å². The van der Waals surface area contributed by atoms with Crippen molar-refractivity contribution in [3.05, 3.63) is 41.7 Å². The van der Waals surface area contributed by atoms with Crippen LogP contribution in [0.2, 0.25) is 0 Å². The summed E-state index contributed by atoms with van der Waals surface area (Å²) in [6, 6.07) is 7.08. The van der Waals surface area contributed by atoms with Crippen molar-refractivity contribution in [2.24, 2.45) is 0 Å². The maximum Gasteiger partial charge on any atom is 0.256 e. The molecule has 38 heteroatoms. The number of aliphatic hydroxyl groups is 20. The molecule has 1 aromatic heterocycles. The summed E-state index contributed by atoms with van der Waals surface area (Å²) in [6.45, 7) is -1.19. The average molecular weight is 1360 g/mol. The summed E-state index contributed by atoms with van der Waals surface area (Å²) in [7, 11) is 0. The maximum absolute atomic E-state index is 14.1. The quantitative estimate of drug-likeness (QED) is 0.105. The number of aliphatic hydroxyl groups excluding tert-OH is 20. The molecule has 38 nitrogen and oxygen atoms in total. The third-order valence-corrected chi connectivity index (χ3v) is 17.9. The Balaban J connectivity index is 0.950. The molecule has 21 aliphatic rings. The third kappa shape index (κ3) is 14.6. The Kier molecular flexibility index (Phi) is 23.8. The molecule has 0 saturated carbocycles. The molecule has 21 N–H and O–H groups in total. The van der Waals surface area contributed by atoms with Crippen LogP contribution in [-0.4, -0.2) is 374 Å². The average Bonchev–Trinajstić information content (AvgIpc) is 0.987. The van der Waals surface area contributed by atoms with Gasteiger partial charge in [0.25, 0.3) is 5.91 Å². The Morgan fingerprint density at radius 1 is 0.362 bits per heavy atom. The van der Waals surface area contributed by atoms with Gasteiger partial charge in [0, 0.05) is 12.1 Å². The number of nitrogens with one attached hydrogen (secondary N) is 1. The van der Waals surface area contributed by atoms with Gasteiger partial charge in [0.15, 0.2) is 44.0 Å². The highest BCUT2D eigenvalue weighted by atomic mass is 16.8. The van der Waals surface area contributed by atoms with Crippen LogP contribution >= 0.6 is 0 Å². The lowest BCUT2D eigenvalue weighted by atomic mass is 9.86. The van der Waals surface area contributed by atoms with Gasteiger partial charge >= 0.3 is 0 Å². The molecule has 2 aromatic rings. The van der Waals surface area contributed by atoms with Gasteiger partial charge in [-0.3, -0.25) is 4.79 Å². The Labute approximate surface area is 533 Å². The van der Waals surface area contributed by atoms with Crippen LogP contribution < -0.4 is 5.32 Å². The Hall–Kier alpha value is -3.46. The van der Waals surface area contributed by atoms with E-state index in [1.165, 1.54) is 0 Å². The topological polar surface area (TPSA) is 589 Å². The number of aromatic nitrogens is 1. The summed E-state index contributed by atoms with van der Waals surface area (Å²) in [5.74, 6) is -0.869. The standard InChI is InChI=1S/C56H84N2O36/c1-56(2,3)17-6-4-16(5-7-17)26-18(15-80-58-26)48(79)57-8-19-41-27(65)34(72)49(81-19)89-42-20(9-59)83-51(36(74)29(42)67)91-44-22(11-61)85-53(38(76)31(44)69)93-46-24(13-63)87-55(40(78)33(46)71)94-47-25(14-64)86-54(39(77)32(47)70)92-45-23(12-62)84-52(37(75)30(45)68)90-43-21(10-60)82-50(88-41)35(73)28(43)66/h4-7,15,19-25,27-47,49-55,59-78H,8-14H2,1-3H3,(H,57,79)/t19-,20-,21-,22-,23-,24-,25-,27-,28-,29-,30-,31-,32-,33-,34-,35-,36-,37-,38-,39-,40-,41-,42-,43-,44-,45-,46-,47-,49-,50-,51-,52-,53-,54-,55-/m1/s1. The molecule has 21 saturated heterocycles. The van der Waals surface area contributed by atoms with Gasteiger partial charge < -0.3 is 178 Å². The van der Waals surface area contributed by atoms with E-state index in [0.717, 1.165) is 11.8 Å². The van der Waals surface area contributed by atoms with E-state index in [1.807, 2.05) is 32.9 Å². The number of nitrogens with zero attached hydrogens (tertiary/aromatic N) is 1. The van der Waals surface area contributed by atoms with Crippen molar-refractivity contribution >= 4 is 5.91 Å². The first-order chi connectivity index (χ1) is 44.7. The number of amides is 1. The van der Waals surface area contributed by atoms with E-state index in [0.29, 0.717) is 5.56 Å². The monoisotopic (exact) mass is 1360 g/mol. The van der Waals surface area contributed by atoms with Crippen LogP contribution in [0.25, 0.3) is 11.3 Å². The van der Waals surface area contributed by atoms with Crippen molar-refractivity contribution < 1.29 is 178 Å². The minimum atomic E-state index is -2.30. The van der Waals surface area contributed by atoms with E-state index in [-0.39, 0.29) is 16.7 Å². The largest absolute Gasteiger partial charge is 0.394 e. The number of benzene rings is 1. The predicted molar refractivity (Wildman–Crippen MR) is 294 cm³/mol. The van der Waals surface area contributed by atoms with E-state index < -0.39 is 267 Å². The first-order valence-corrected chi connectivity index (χ1v) is 30.4. The van der Waals surface area contributed by atoms with Crippen molar-refractivity contribution in [3.63, 3.8) is 0 Å². The molecule has 534 valence electrons. The van der Waals surface area contributed by atoms with Gasteiger partial charge in [-0.05, 0) is 11.0 Å². The van der Waals surface area contributed by atoms with Crippen molar-refractivity contribution in [3.8, 4) is 11.3 Å². The van der Waals surface area contributed by atoms with Gasteiger partial charge in [0.05, 0.1) is 39.6 Å². The summed E-state index contributed by atoms with van der Waals surface area (Å²) in [5.41, 5.74) is 1.15. The highest BCUT2D eigenvalue weighted by Crippen LogP contribution is 2.40. The van der Waals surface area contributed by atoms with E-state index in [4.69, 9.17) is 70.8 Å². The Morgan fingerprint density at radius 3 is 0.830 bits per heavy atom. The SMILES string of the molecule is CC(C)(C)c1ccc(-c2nocc2C(=O)NC[C@H]2O[C@@H]3O[C@H]4[C@H](O)[C@@H](O)[C@@H](O[C@H]5[C@H](O)[C@@H](O)[C@@H](O[C@H]6[C@H](O)[C@@H](O)[C@@H](O[C@H]7[C@H](O)[C@@H](O)[C@@H](O[C@H]8[C@H](O)[C@@H](O)[C@@H](O[C@H]9[C@H](O)[C@@H](O)[C@@H](O[C@H]2[C@H](O)[C@H]3O)O[C@@H]9CO)O[C@@H]8CO)O[C@@H]7CO)O[C@@H]6CO)O[C@@H]5CO)O[C@@H]4CO)cc1. The highest BCUT2D eigenvalue weighted by Gasteiger charge is 2.60. The molecular weight excluding hydrogens is 1280 g/mol. The van der Waals surface area contributed by atoms with Crippen LogP contribution in [0.15, 0.2) is 35.1 Å². The van der Waals surface area contributed by atoms with Gasteiger partial charge in [-0.15, -0.1) is 0 Å². The molecule has 1 aromatic carbocycles. The lowest BCUT2D eigenvalue weighted by Gasteiger charge is -2.50. The number of carbonyl (C=O) groups excluding carboxylic acids is 1. The first kappa shape index (κ1) is 73.3. The van der Waals surface area contributed by atoms with E-state index >= 15 is 0 Å². The summed E-state index contributed by atoms with van der Waals surface area (Å²) < 4.78 is 86.7. The number of carbonyl (C=O) groups is 1.